The first-order valence-electron chi connectivity index (χ1n) is 9.12. The van der Waals surface area contributed by atoms with E-state index >= 15 is 0 Å². The quantitative estimate of drug-likeness (QED) is 0.566. The molecule has 1 aliphatic carbocycles. The maximum absolute atomic E-state index is 12.7. The normalized spacial score (nSPS) is 25.4. The molecular formula is C20H32N2O3S. The van der Waals surface area contributed by atoms with Gasteiger partial charge in [-0.2, -0.15) is 0 Å². The van der Waals surface area contributed by atoms with E-state index < -0.39 is 9.52 Å². The van der Waals surface area contributed by atoms with Crippen molar-refractivity contribution in [3.8, 4) is 0 Å². The van der Waals surface area contributed by atoms with Crippen molar-refractivity contribution in [1.29, 1.82) is 0 Å². The highest BCUT2D eigenvalue weighted by Gasteiger charge is 2.19. The third kappa shape index (κ3) is 7.41. The monoisotopic (exact) mass is 380 g/mol. The van der Waals surface area contributed by atoms with Crippen LogP contribution in [0, 0.1) is 5.92 Å². The van der Waals surface area contributed by atoms with Crippen LogP contribution in [0.5, 0.6) is 0 Å². The van der Waals surface area contributed by atoms with Crippen molar-refractivity contribution in [2.45, 2.75) is 39.2 Å². The summed E-state index contributed by atoms with van der Waals surface area (Å²) >= 11 is 0. The summed E-state index contributed by atoms with van der Waals surface area (Å²) in [5.41, 5.74) is 2.06. The van der Waals surface area contributed by atoms with Gasteiger partial charge in [0.05, 0.1) is 11.8 Å². The van der Waals surface area contributed by atoms with Crippen molar-refractivity contribution < 1.29 is 14.2 Å². The zero-order valence-corrected chi connectivity index (χ0v) is 16.7. The number of aliphatic imine (C=N–C) groups is 1. The van der Waals surface area contributed by atoms with Crippen LogP contribution < -0.4 is 5.90 Å². The van der Waals surface area contributed by atoms with Crippen LogP contribution >= 0.6 is 0 Å². The van der Waals surface area contributed by atoms with E-state index in [1.165, 1.54) is 0 Å². The van der Waals surface area contributed by atoms with Crippen LogP contribution in [0.2, 0.25) is 0 Å². The predicted octanol–water partition coefficient (Wildman–Crippen LogP) is 3.27. The topological polar surface area (TPSA) is 84.9 Å². The zero-order valence-electron chi connectivity index (χ0n) is 15.8. The molecule has 3 unspecified atom stereocenters. The van der Waals surface area contributed by atoms with Crippen molar-refractivity contribution in [3.63, 3.8) is 0 Å². The molecule has 3 atom stereocenters. The van der Waals surface area contributed by atoms with Gasteiger partial charge < -0.3 is 9.94 Å². The first-order valence-corrected chi connectivity index (χ1v) is 11.2. The second kappa shape index (κ2) is 12.0. The molecule has 5 nitrogen and oxygen atoms in total. The lowest BCUT2D eigenvalue weighted by atomic mass is 10.00. The molecule has 146 valence electrons. The third-order valence-corrected chi connectivity index (χ3v) is 6.03. The fourth-order valence-corrected chi connectivity index (χ4v) is 4.61. The highest BCUT2D eigenvalue weighted by molar-refractivity contribution is 8.00. The molecule has 0 aromatic heterocycles. The van der Waals surface area contributed by atoms with E-state index in [2.05, 4.69) is 28.9 Å². The highest BCUT2D eigenvalue weighted by atomic mass is 32.2. The Morgan fingerprint density at radius 2 is 2.12 bits per heavy atom. The van der Waals surface area contributed by atoms with Gasteiger partial charge in [0.15, 0.2) is 0 Å². The van der Waals surface area contributed by atoms with Crippen molar-refractivity contribution in [3.05, 3.63) is 47.7 Å². The molecule has 3 aliphatic rings. The number of allylic oxidation sites excluding steroid dienone is 5. The van der Waals surface area contributed by atoms with E-state index in [0.717, 1.165) is 37.1 Å². The molecule has 3 N–H and O–H groups in total. The molecule has 3 rings (SSSR count). The van der Waals surface area contributed by atoms with Crippen LogP contribution in [-0.4, -0.2) is 45.7 Å². The molecule has 0 radical (unpaired) electrons. The lowest BCUT2D eigenvalue weighted by Crippen LogP contribution is -2.19. The summed E-state index contributed by atoms with van der Waals surface area (Å²) in [7, 11) is -2.11. The maximum atomic E-state index is 12.7. The molecule has 2 aliphatic heterocycles. The summed E-state index contributed by atoms with van der Waals surface area (Å²) < 4.78 is 18.3. The van der Waals surface area contributed by atoms with Crippen LogP contribution in [0.4, 0.5) is 0 Å². The van der Waals surface area contributed by atoms with Gasteiger partial charge in [0.2, 0.25) is 0 Å². The first kappa shape index (κ1) is 22.6. The van der Waals surface area contributed by atoms with Gasteiger partial charge in [0, 0.05) is 30.2 Å². The van der Waals surface area contributed by atoms with Gasteiger partial charge in [-0.3, -0.25) is 9.20 Å². The lowest BCUT2D eigenvalue weighted by molar-refractivity contribution is 0.109. The lowest BCUT2D eigenvalue weighted by Gasteiger charge is -2.18. The van der Waals surface area contributed by atoms with Crippen LogP contribution in [0.3, 0.4) is 0 Å². The number of dihydropyridines is 1. The van der Waals surface area contributed by atoms with Gasteiger partial charge in [-0.15, -0.1) is 0 Å². The molecular weight excluding hydrogens is 348 g/mol. The summed E-state index contributed by atoms with van der Waals surface area (Å²) in [6.45, 7) is 4.85. The van der Waals surface area contributed by atoms with Crippen molar-refractivity contribution >= 4 is 21.6 Å². The third-order valence-electron chi connectivity index (χ3n) is 4.19. The number of rotatable bonds is 5. The molecule has 0 aromatic carbocycles. The Bertz CT molecular complexity index is 667. The Balaban J connectivity index is 0.000000791. The molecule has 2 heterocycles. The molecule has 0 saturated carbocycles. The number of hydrogen-bond donors (Lipinski definition) is 2. The van der Waals surface area contributed by atoms with Crippen LogP contribution in [0.15, 0.2) is 52.7 Å². The summed E-state index contributed by atoms with van der Waals surface area (Å²) in [6.07, 6.45) is 17.5. The van der Waals surface area contributed by atoms with E-state index in [9.17, 15) is 4.21 Å². The number of nitrogens with zero attached hydrogens (tertiary/aromatic N) is 1. The number of ether oxygens (including phenoxy) is 1. The smallest absolute Gasteiger partial charge is 0.0584 e. The molecule has 0 spiro atoms. The van der Waals surface area contributed by atoms with E-state index in [-0.39, 0.29) is 12.0 Å². The Kier molecular flexibility index (Phi) is 10.4. The van der Waals surface area contributed by atoms with Gasteiger partial charge in [-0.05, 0) is 46.3 Å². The fourth-order valence-electron chi connectivity index (χ4n) is 2.99. The second-order valence-corrected chi connectivity index (χ2v) is 8.75. The average molecular weight is 381 g/mol. The van der Waals surface area contributed by atoms with E-state index in [1.54, 1.807) is 0 Å². The largest absolute Gasteiger partial charge is 0.378 e. The van der Waals surface area contributed by atoms with Gasteiger partial charge in [-0.25, -0.2) is 5.90 Å². The minimum atomic E-state index is -2.11. The molecule has 26 heavy (non-hydrogen) atoms. The average Bonchev–Trinajstić information content (AvgIpc) is 3.08. The Morgan fingerprint density at radius 1 is 1.35 bits per heavy atom. The Hall–Kier alpha value is -1.47. The standard InChI is InChI=1S/C18H23NO2S.C2H6.H3NO/c1-22(20,11-9-17-7-5-10-21-17)14-15-12-16-6-3-2-4-8-18(16)19-13-15;2*1-2/h2-4,6,8,12-13,16-17H,1,5,7,9-11,14H2;1-2H3;2H,1H2. The van der Waals surface area contributed by atoms with E-state index in [0.29, 0.717) is 11.5 Å². The van der Waals surface area contributed by atoms with Crippen LogP contribution in [-0.2, 0) is 14.3 Å². The number of fused-ring (bicyclic) bond motifs is 1. The minimum Gasteiger partial charge on any atom is -0.378 e. The summed E-state index contributed by atoms with van der Waals surface area (Å²) in [5.74, 6) is 8.80. The molecule has 0 bridgehead atoms. The summed E-state index contributed by atoms with van der Waals surface area (Å²) in [6, 6.07) is 0. The van der Waals surface area contributed by atoms with Crippen molar-refractivity contribution in [1.82, 2.24) is 0 Å². The summed E-state index contributed by atoms with van der Waals surface area (Å²) in [4.78, 5) is 4.50. The number of nitrogens with two attached hydrogens (primary N) is 1. The molecule has 1 saturated heterocycles. The first-order chi connectivity index (χ1) is 12.6. The maximum Gasteiger partial charge on any atom is 0.0584 e. The second-order valence-electron chi connectivity index (χ2n) is 6.12. The highest BCUT2D eigenvalue weighted by Crippen LogP contribution is 2.24. The summed E-state index contributed by atoms with van der Waals surface area (Å²) in [5, 5.41) is 6.50. The zero-order chi connectivity index (χ0) is 19.4. The van der Waals surface area contributed by atoms with Crippen LogP contribution in [0.25, 0.3) is 0 Å². The fraction of sp³-hybridized carbons (Fsp3) is 0.500. The SMILES string of the molecule is C=S(=O)(CCC1CCCO1)CC1=CC2C=CC=CC=C2N=C1.CC.NO. The van der Waals surface area contributed by atoms with E-state index in [4.69, 9.17) is 9.94 Å². The molecule has 0 amide bonds. The van der Waals surface area contributed by atoms with Crippen molar-refractivity contribution in [2.24, 2.45) is 16.8 Å². The van der Waals surface area contributed by atoms with Gasteiger partial charge in [0.1, 0.15) is 0 Å². The minimum absolute atomic E-state index is 0.184. The van der Waals surface area contributed by atoms with Crippen molar-refractivity contribution in [2.75, 3.05) is 18.1 Å². The van der Waals surface area contributed by atoms with Gasteiger partial charge in [-0.1, -0.05) is 44.2 Å². The Labute approximate surface area is 158 Å². The molecule has 1 fully saturated rings. The van der Waals surface area contributed by atoms with E-state index in [1.807, 2.05) is 44.4 Å². The molecule has 0 aromatic rings. The Morgan fingerprint density at radius 3 is 2.81 bits per heavy atom. The number of hydrogen-bond acceptors (Lipinski definition) is 5. The van der Waals surface area contributed by atoms with Crippen LogP contribution in [0.1, 0.15) is 33.1 Å². The van der Waals surface area contributed by atoms with Gasteiger partial charge >= 0.3 is 0 Å². The predicted molar refractivity (Wildman–Crippen MR) is 112 cm³/mol. The van der Waals surface area contributed by atoms with Gasteiger partial charge in [0.25, 0.3) is 0 Å². The molecule has 6 heteroatoms.